The number of rotatable bonds is 15. The van der Waals surface area contributed by atoms with Gasteiger partial charge in [-0.3, -0.25) is 4.79 Å². The number of carboxylic acids is 1. The van der Waals surface area contributed by atoms with E-state index in [2.05, 4.69) is 31.2 Å². The van der Waals surface area contributed by atoms with Gasteiger partial charge < -0.3 is 9.84 Å². The second-order valence-electron chi connectivity index (χ2n) is 6.10. The average Bonchev–Trinajstić information content (AvgIpc) is 2.55. The van der Waals surface area contributed by atoms with Crippen molar-refractivity contribution < 1.29 is 19.4 Å². The Morgan fingerprint density at radius 1 is 0.917 bits per heavy atom. The minimum atomic E-state index is -1.10. The lowest BCUT2D eigenvalue weighted by Crippen LogP contribution is -2.23. The maximum atomic E-state index is 11.4. The molecule has 0 fully saturated rings. The molecule has 0 rings (SSSR count). The van der Waals surface area contributed by atoms with E-state index in [0.29, 0.717) is 6.42 Å². The summed E-state index contributed by atoms with van der Waals surface area (Å²) in [6.07, 6.45) is 19.3. The maximum Gasteiger partial charge on any atom is 0.344 e. The van der Waals surface area contributed by atoms with Gasteiger partial charge in [0, 0.05) is 6.42 Å². The molecule has 0 heterocycles. The molecule has 24 heavy (non-hydrogen) atoms. The molecule has 4 heteroatoms. The SMILES string of the molecule is CCCC/C=C\C/C=C\CCCCCCCC(=O)OC(C)C(=O)O. The summed E-state index contributed by atoms with van der Waals surface area (Å²) >= 11 is 0. The monoisotopic (exact) mass is 338 g/mol. The van der Waals surface area contributed by atoms with Gasteiger partial charge in [-0.15, -0.1) is 0 Å². The number of ether oxygens (including phenoxy) is 1. The number of aliphatic carboxylic acids is 1. The number of hydrogen-bond donors (Lipinski definition) is 1. The van der Waals surface area contributed by atoms with Crippen LogP contribution in [0, 0.1) is 0 Å². The minimum absolute atomic E-state index is 0.307. The van der Waals surface area contributed by atoms with E-state index in [1.807, 2.05) is 0 Å². The minimum Gasteiger partial charge on any atom is -0.479 e. The van der Waals surface area contributed by atoms with E-state index in [9.17, 15) is 9.59 Å². The molecule has 0 amide bonds. The first-order chi connectivity index (χ1) is 11.6. The Labute approximate surface area is 147 Å². The van der Waals surface area contributed by atoms with Gasteiger partial charge in [0.25, 0.3) is 0 Å². The highest BCUT2D eigenvalue weighted by molar-refractivity contribution is 5.77. The number of hydrogen-bond acceptors (Lipinski definition) is 3. The lowest BCUT2D eigenvalue weighted by molar-refractivity contribution is -0.162. The molecule has 0 radical (unpaired) electrons. The molecule has 0 bridgehead atoms. The highest BCUT2D eigenvalue weighted by Gasteiger charge is 2.15. The predicted molar refractivity (Wildman–Crippen MR) is 97.9 cm³/mol. The zero-order valence-corrected chi connectivity index (χ0v) is 15.3. The maximum absolute atomic E-state index is 11.4. The molecule has 1 atom stereocenters. The van der Waals surface area contributed by atoms with Gasteiger partial charge in [0.2, 0.25) is 0 Å². The first-order valence-electron chi connectivity index (χ1n) is 9.30. The van der Waals surface area contributed by atoms with Crippen LogP contribution < -0.4 is 0 Å². The topological polar surface area (TPSA) is 63.6 Å². The normalized spacial score (nSPS) is 12.8. The molecule has 0 aliphatic rings. The van der Waals surface area contributed by atoms with Crippen molar-refractivity contribution in [3.05, 3.63) is 24.3 Å². The second-order valence-corrected chi connectivity index (χ2v) is 6.10. The molecule has 0 aromatic carbocycles. The molecular weight excluding hydrogens is 304 g/mol. The molecule has 0 aliphatic heterocycles. The van der Waals surface area contributed by atoms with E-state index in [-0.39, 0.29) is 0 Å². The van der Waals surface area contributed by atoms with Crippen LogP contribution >= 0.6 is 0 Å². The lowest BCUT2D eigenvalue weighted by atomic mass is 10.1. The number of carboxylic acid groups (broad SMARTS) is 1. The highest BCUT2D eigenvalue weighted by Crippen LogP contribution is 2.09. The molecule has 0 aliphatic carbocycles. The lowest BCUT2D eigenvalue weighted by Gasteiger charge is -2.08. The largest absolute Gasteiger partial charge is 0.479 e. The van der Waals surface area contributed by atoms with Gasteiger partial charge in [-0.1, -0.05) is 63.3 Å². The van der Waals surface area contributed by atoms with Crippen molar-refractivity contribution in [1.29, 1.82) is 0 Å². The number of allylic oxidation sites excluding steroid dienone is 4. The third kappa shape index (κ3) is 15.3. The average molecular weight is 338 g/mol. The fraction of sp³-hybridized carbons (Fsp3) is 0.700. The van der Waals surface area contributed by atoms with Crippen LogP contribution in [0.2, 0.25) is 0 Å². The van der Waals surface area contributed by atoms with Crippen molar-refractivity contribution in [1.82, 2.24) is 0 Å². The van der Waals surface area contributed by atoms with Gasteiger partial charge in [0.1, 0.15) is 0 Å². The summed E-state index contributed by atoms with van der Waals surface area (Å²) in [5.41, 5.74) is 0. The van der Waals surface area contributed by atoms with Crippen LogP contribution in [0.1, 0.15) is 84.5 Å². The van der Waals surface area contributed by atoms with Gasteiger partial charge in [-0.05, 0) is 39.0 Å². The summed E-state index contributed by atoms with van der Waals surface area (Å²) in [5.74, 6) is -1.52. The molecule has 0 spiro atoms. The van der Waals surface area contributed by atoms with E-state index < -0.39 is 18.0 Å². The van der Waals surface area contributed by atoms with Crippen molar-refractivity contribution >= 4 is 11.9 Å². The summed E-state index contributed by atoms with van der Waals surface area (Å²) in [6, 6.07) is 0. The fourth-order valence-corrected chi connectivity index (χ4v) is 2.20. The summed E-state index contributed by atoms with van der Waals surface area (Å²) in [6.45, 7) is 3.58. The van der Waals surface area contributed by atoms with Crippen LogP contribution in [-0.2, 0) is 14.3 Å². The fourth-order valence-electron chi connectivity index (χ4n) is 2.20. The Morgan fingerprint density at radius 3 is 2.12 bits per heavy atom. The van der Waals surface area contributed by atoms with E-state index in [1.165, 1.54) is 32.6 Å². The molecule has 1 N–H and O–H groups in total. The zero-order chi connectivity index (χ0) is 18.0. The number of esters is 1. The molecule has 1 unspecified atom stereocenters. The number of carbonyl (C=O) groups excluding carboxylic acids is 1. The smallest absolute Gasteiger partial charge is 0.344 e. The molecule has 0 saturated heterocycles. The quantitative estimate of drug-likeness (QED) is 0.246. The Hall–Kier alpha value is -1.58. The third-order valence-electron chi connectivity index (χ3n) is 3.74. The van der Waals surface area contributed by atoms with Crippen LogP contribution in [0.25, 0.3) is 0 Å². The summed E-state index contributed by atoms with van der Waals surface area (Å²) in [5, 5.41) is 8.64. The first kappa shape index (κ1) is 22.4. The van der Waals surface area contributed by atoms with Crippen molar-refractivity contribution in [3.8, 4) is 0 Å². The standard InChI is InChI=1S/C20H34O4/c1-3-4-5-6-7-8-9-10-11-12-13-14-15-16-17-19(21)24-18(2)20(22)23/h6-7,9-10,18H,3-5,8,11-17H2,1-2H3,(H,22,23)/b7-6-,10-9-. The van der Waals surface area contributed by atoms with Gasteiger partial charge in [0.05, 0.1) is 0 Å². The van der Waals surface area contributed by atoms with Gasteiger partial charge >= 0.3 is 11.9 Å². The first-order valence-corrected chi connectivity index (χ1v) is 9.30. The van der Waals surface area contributed by atoms with Crippen molar-refractivity contribution in [3.63, 3.8) is 0 Å². The van der Waals surface area contributed by atoms with Crippen molar-refractivity contribution in [2.75, 3.05) is 0 Å². The molecule has 0 aromatic heterocycles. The van der Waals surface area contributed by atoms with Crippen molar-refractivity contribution in [2.24, 2.45) is 0 Å². The van der Waals surface area contributed by atoms with Gasteiger partial charge in [0.15, 0.2) is 6.10 Å². The summed E-state index contributed by atoms with van der Waals surface area (Å²) < 4.78 is 4.77. The highest BCUT2D eigenvalue weighted by atomic mass is 16.6. The van der Waals surface area contributed by atoms with E-state index in [1.54, 1.807) is 0 Å². The Morgan fingerprint density at radius 2 is 1.50 bits per heavy atom. The zero-order valence-electron chi connectivity index (χ0n) is 15.3. The molecule has 4 nitrogen and oxygen atoms in total. The van der Waals surface area contributed by atoms with Crippen LogP contribution in [0.5, 0.6) is 0 Å². The third-order valence-corrected chi connectivity index (χ3v) is 3.74. The summed E-state index contributed by atoms with van der Waals surface area (Å²) in [4.78, 5) is 21.9. The Balaban J connectivity index is 3.37. The molecule has 0 aromatic rings. The van der Waals surface area contributed by atoms with Crippen LogP contribution in [0.3, 0.4) is 0 Å². The van der Waals surface area contributed by atoms with Gasteiger partial charge in [-0.2, -0.15) is 0 Å². The Bertz CT molecular complexity index is 385. The number of carbonyl (C=O) groups is 2. The van der Waals surface area contributed by atoms with Crippen LogP contribution in [0.15, 0.2) is 24.3 Å². The summed E-state index contributed by atoms with van der Waals surface area (Å²) in [7, 11) is 0. The Kier molecular flexibility index (Phi) is 15.2. The molecule has 0 saturated carbocycles. The number of unbranched alkanes of at least 4 members (excludes halogenated alkanes) is 7. The van der Waals surface area contributed by atoms with Crippen LogP contribution in [0.4, 0.5) is 0 Å². The van der Waals surface area contributed by atoms with Crippen LogP contribution in [-0.4, -0.2) is 23.1 Å². The van der Waals surface area contributed by atoms with Crippen molar-refractivity contribution in [2.45, 2.75) is 90.6 Å². The van der Waals surface area contributed by atoms with E-state index in [4.69, 9.17) is 9.84 Å². The van der Waals surface area contributed by atoms with E-state index >= 15 is 0 Å². The van der Waals surface area contributed by atoms with E-state index in [0.717, 1.165) is 38.5 Å². The second kappa shape index (κ2) is 16.3. The molecule has 138 valence electrons. The predicted octanol–water partition coefficient (Wildman–Crippen LogP) is 5.43. The molecular formula is C20H34O4. The van der Waals surface area contributed by atoms with Gasteiger partial charge in [-0.25, -0.2) is 4.79 Å².